The molecule has 0 bridgehead atoms. The highest BCUT2D eigenvalue weighted by Crippen LogP contribution is 2.42. The third-order valence-corrected chi connectivity index (χ3v) is 4.31. The molecule has 1 saturated heterocycles. The molecule has 2 rings (SSSR count). The smallest absolute Gasteiger partial charge is 0.179 e. The first-order chi connectivity index (χ1) is 8.50. The zero-order valence-corrected chi connectivity index (χ0v) is 12.2. The van der Waals surface area contributed by atoms with Crippen molar-refractivity contribution in [3.63, 3.8) is 0 Å². The second kappa shape index (κ2) is 5.58. The highest BCUT2D eigenvalue weighted by atomic mass is 16.7. The summed E-state index contributed by atoms with van der Waals surface area (Å²) in [6.45, 7) is 10.6. The molecule has 0 aromatic rings. The highest BCUT2D eigenvalue weighted by Gasteiger charge is 2.27. The Kier molecular flexibility index (Phi) is 4.29. The summed E-state index contributed by atoms with van der Waals surface area (Å²) in [4.78, 5) is 0. The summed E-state index contributed by atoms with van der Waals surface area (Å²) in [6, 6.07) is 0. The van der Waals surface area contributed by atoms with Gasteiger partial charge in [0.2, 0.25) is 0 Å². The lowest BCUT2D eigenvalue weighted by Gasteiger charge is -2.34. The fourth-order valence-corrected chi connectivity index (χ4v) is 3.11. The van der Waals surface area contributed by atoms with Gasteiger partial charge in [0.05, 0.1) is 13.2 Å². The summed E-state index contributed by atoms with van der Waals surface area (Å²) in [5.74, 6) is 0. The average Bonchev–Trinajstić information content (AvgIpc) is 2.80. The Hall–Kier alpha value is -0.600. The van der Waals surface area contributed by atoms with Crippen LogP contribution in [0.5, 0.6) is 0 Å². The van der Waals surface area contributed by atoms with Crippen molar-refractivity contribution in [1.82, 2.24) is 0 Å². The number of allylic oxidation sites excluding steroid dienone is 3. The quantitative estimate of drug-likeness (QED) is 0.698. The molecule has 0 N–H and O–H groups in total. The van der Waals surface area contributed by atoms with Crippen molar-refractivity contribution in [2.45, 2.75) is 59.7 Å². The second-order valence-corrected chi connectivity index (χ2v) is 6.22. The van der Waals surface area contributed by atoms with Crippen LogP contribution < -0.4 is 0 Å². The van der Waals surface area contributed by atoms with Crippen molar-refractivity contribution in [2.75, 3.05) is 13.2 Å². The van der Waals surface area contributed by atoms with Crippen LogP contribution in [0.3, 0.4) is 0 Å². The maximum absolute atomic E-state index is 5.53. The highest BCUT2D eigenvalue weighted by molar-refractivity contribution is 5.25. The molecule has 2 heteroatoms. The molecule has 2 aliphatic rings. The van der Waals surface area contributed by atoms with Gasteiger partial charge in [-0.1, -0.05) is 31.1 Å². The Morgan fingerprint density at radius 3 is 2.61 bits per heavy atom. The molecule has 0 radical (unpaired) electrons. The van der Waals surface area contributed by atoms with Gasteiger partial charge >= 0.3 is 0 Å². The van der Waals surface area contributed by atoms with Crippen LogP contribution in [0.4, 0.5) is 0 Å². The van der Waals surface area contributed by atoms with E-state index in [2.05, 4.69) is 33.8 Å². The van der Waals surface area contributed by atoms with Crippen LogP contribution in [-0.4, -0.2) is 19.5 Å². The second-order valence-electron chi connectivity index (χ2n) is 6.22. The normalized spacial score (nSPS) is 25.9. The fourth-order valence-electron chi connectivity index (χ4n) is 3.11. The van der Waals surface area contributed by atoms with E-state index in [9.17, 15) is 0 Å². The topological polar surface area (TPSA) is 18.5 Å². The Labute approximate surface area is 111 Å². The van der Waals surface area contributed by atoms with Crippen LogP contribution in [0.1, 0.15) is 53.4 Å². The Morgan fingerprint density at radius 1 is 1.33 bits per heavy atom. The molecule has 0 atom stereocenters. The van der Waals surface area contributed by atoms with E-state index in [1.54, 1.807) is 11.1 Å². The van der Waals surface area contributed by atoms with E-state index < -0.39 is 0 Å². The molecule has 0 spiro atoms. The molecule has 0 amide bonds. The summed E-state index contributed by atoms with van der Waals surface area (Å²) in [5, 5.41) is 0. The van der Waals surface area contributed by atoms with Crippen LogP contribution in [0, 0.1) is 5.41 Å². The standard InChI is InChI=1S/C16H26O2/c1-12-6-5-9-16(3,4)14(12)8-7-13(2)15-17-10-11-18-15/h7,15H,5-6,8-11H2,1-4H3/b13-7+. The van der Waals surface area contributed by atoms with E-state index in [1.807, 2.05) is 0 Å². The molecule has 18 heavy (non-hydrogen) atoms. The summed E-state index contributed by atoms with van der Waals surface area (Å²) < 4.78 is 11.1. The van der Waals surface area contributed by atoms with Gasteiger partial charge in [0.25, 0.3) is 0 Å². The molecule has 102 valence electrons. The minimum absolute atomic E-state index is 0.0994. The third-order valence-electron chi connectivity index (χ3n) is 4.31. The monoisotopic (exact) mass is 250 g/mol. The van der Waals surface area contributed by atoms with Crippen LogP contribution in [0.15, 0.2) is 22.8 Å². The van der Waals surface area contributed by atoms with E-state index in [0.717, 1.165) is 19.6 Å². The van der Waals surface area contributed by atoms with Crippen molar-refractivity contribution in [2.24, 2.45) is 5.41 Å². The minimum atomic E-state index is -0.0994. The third kappa shape index (κ3) is 3.04. The van der Waals surface area contributed by atoms with Gasteiger partial charge in [-0.15, -0.1) is 0 Å². The molecule has 1 aliphatic carbocycles. The molecule has 1 fully saturated rings. The van der Waals surface area contributed by atoms with E-state index in [1.165, 1.54) is 24.8 Å². The van der Waals surface area contributed by atoms with Gasteiger partial charge < -0.3 is 9.47 Å². The van der Waals surface area contributed by atoms with Crippen LogP contribution in [-0.2, 0) is 9.47 Å². The molecule has 2 nitrogen and oxygen atoms in total. The fraction of sp³-hybridized carbons (Fsp3) is 0.750. The molecule has 0 unspecified atom stereocenters. The molecular formula is C16H26O2. The van der Waals surface area contributed by atoms with Gasteiger partial charge in [-0.2, -0.15) is 0 Å². The lowest BCUT2D eigenvalue weighted by molar-refractivity contribution is -0.0112. The van der Waals surface area contributed by atoms with Crippen LogP contribution >= 0.6 is 0 Å². The van der Waals surface area contributed by atoms with Gasteiger partial charge in [0.15, 0.2) is 6.29 Å². The lowest BCUT2D eigenvalue weighted by Crippen LogP contribution is -2.20. The molecule has 1 heterocycles. The van der Waals surface area contributed by atoms with Crippen LogP contribution in [0.2, 0.25) is 0 Å². The number of rotatable bonds is 3. The molecule has 0 aromatic heterocycles. The van der Waals surface area contributed by atoms with Gasteiger partial charge in [-0.05, 0) is 50.5 Å². The van der Waals surface area contributed by atoms with Gasteiger partial charge in [0, 0.05) is 0 Å². The van der Waals surface area contributed by atoms with E-state index in [0.29, 0.717) is 5.41 Å². The van der Waals surface area contributed by atoms with Crippen molar-refractivity contribution < 1.29 is 9.47 Å². The number of hydrogen-bond acceptors (Lipinski definition) is 2. The first kappa shape index (κ1) is 13.8. The van der Waals surface area contributed by atoms with Crippen molar-refractivity contribution >= 4 is 0 Å². The summed E-state index contributed by atoms with van der Waals surface area (Å²) in [5.41, 5.74) is 4.78. The maximum atomic E-state index is 5.53. The van der Waals surface area contributed by atoms with Crippen molar-refractivity contribution in [1.29, 1.82) is 0 Å². The Morgan fingerprint density at radius 2 is 2.00 bits per heavy atom. The van der Waals surface area contributed by atoms with E-state index in [-0.39, 0.29) is 6.29 Å². The predicted octanol–water partition coefficient (Wildman–Crippen LogP) is 4.22. The van der Waals surface area contributed by atoms with E-state index >= 15 is 0 Å². The first-order valence-electron chi connectivity index (χ1n) is 7.10. The van der Waals surface area contributed by atoms with Crippen molar-refractivity contribution in [3.8, 4) is 0 Å². The maximum Gasteiger partial charge on any atom is 0.179 e. The predicted molar refractivity (Wildman–Crippen MR) is 74.4 cm³/mol. The lowest BCUT2D eigenvalue weighted by atomic mass is 9.71. The minimum Gasteiger partial charge on any atom is -0.346 e. The average molecular weight is 250 g/mol. The van der Waals surface area contributed by atoms with Gasteiger partial charge in [-0.25, -0.2) is 0 Å². The van der Waals surface area contributed by atoms with Crippen molar-refractivity contribution in [3.05, 3.63) is 22.8 Å². The summed E-state index contributed by atoms with van der Waals surface area (Å²) in [7, 11) is 0. The summed E-state index contributed by atoms with van der Waals surface area (Å²) >= 11 is 0. The van der Waals surface area contributed by atoms with Gasteiger partial charge in [0.1, 0.15) is 0 Å². The first-order valence-corrected chi connectivity index (χ1v) is 7.10. The molecule has 1 aliphatic heterocycles. The molecule has 0 aromatic carbocycles. The number of hydrogen-bond donors (Lipinski definition) is 0. The SMILES string of the molecule is CC1=C(C/C=C(\C)C2OCCO2)C(C)(C)CCC1. The Bertz CT molecular complexity index is 357. The molecule has 0 saturated carbocycles. The molecular weight excluding hydrogens is 224 g/mol. The van der Waals surface area contributed by atoms with E-state index in [4.69, 9.17) is 9.47 Å². The number of ether oxygens (including phenoxy) is 2. The van der Waals surface area contributed by atoms with Crippen LogP contribution in [0.25, 0.3) is 0 Å². The zero-order valence-electron chi connectivity index (χ0n) is 12.2. The van der Waals surface area contributed by atoms with Gasteiger partial charge in [-0.3, -0.25) is 0 Å². The zero-order chi connectivity index (χ0) is 13.2. The summed E-state index contributed by atoms with van der Waals surface area (Å²) in [6.07, 6.45) is 7.15. The largest absolute Gasteiger partial charge is 0.346 e. The Balaban J connectivity index is 2.05.